The average molecular weight is 552 g/mol. The maximum absolute atomic E-state index is 14.0. The van der Waals surface area contributed by atoms with E-state index in [2.05, 4.69) is 5.32 Å². The molecule has 0 radical (unpaired) electrons. The Morgan fingerprint density at radius 1 is 0.949 bits per heavy atom. The monoisotopic (exact) mass is 551 g/mol. The Hall–Kier alpha value is -3.85. The van der Waals surface area contributed by atoms with Gasteiger partial charge < -0.3 is 15.0 Å². The number of aryl methyl sites for hydroxylation is 2. The van der Waals surface area contributed by atoms with Crippen molar-refractivity contribution in [2.24, 2.45) is 0 Å². The number of sulfonamides is 1. The minimum atomic E-state index is -4.09. The van der Waals surface area contributed by atoms with Gasteiger partial charge in [0.05, 0.1) is 17.7 Å². The molecule has 0 heterocycles. The first-order valence-electron chi connectivity index (χ1n) is 12.9. The van der Waals surface area contributed by atoms with Crippen molar-refractivity contribution in [3.63, 3.8) is 0 Å². The molecular formula is C30H37N3O5S. The largest absolute Gasteiger partial charge is 0.497 e. The van der Waals surface area contributed by atoms with Gasteiger partial charge in [-0.1, -0.05) is 43.3 Å². The van der Waals surface area contributed by atoms with Crippen molar-refractivity contribution in [1.82, 2.24) is 10.2 Å². The Labute approximate surface area is 231 Å². The van der Waals surface area contributed by atoms with Crippen LogP contribution in [-0.2, 0) is 26.2 Å². The van der Waals surface area contributed by atoms with Crippen LogP contribution in [0.15, 0.2) is 77.7 Å². The molecule has 8 nitrogen and oxygen atoms in total. The van der Waals surface area contributed by atoms with Gasteiger partial charge in [0.15, 0.2) is 0 Å². The lowest BCUT2D eigenvalue weighted by Crippen LogP contribution is -2.51. The molecule has 0 aromatic heterocycles. The predicted molar refractivity (Wildman–Crippen MR) is 153 cm³/mol. The quantitative estimate of drug-likeness (QED) is 0.359. The Kier molecular flexibility index (Phi) is 10.1. The highest BCUT2D eigenvalue weighted by molar-refractivity contribution is 7.92. The zero-order valence-electron chi connectivity index (χ0n) is 23.2. The minimum Gasteiger partial charge on any atom is -0.497 e. The van der Waals surface area contributed by atoms with E-state index in [0.29, 0.717) is 18.0 Å². The second-order valence-corrected chi connectivity index (χ2v) is 11.4. The van der Waals surface area contributed by atoms with E-state index >= 15 is 0 Å². The Balaban J connectivity index is 2.04. The fourth-order valence-electron chi connectivity index (χ4n) is 4.29. The zero-order chi connectivity index (χ0) is 28.6. The molecular weight excluding hydrogens is 514 g/mol. The third-order valence-corrected chi connectivity index (χ3v) is 8.10. The minimum absolute atomic E-state index is 0.0741. The number of ether oxygens (including phenoxy) is 1. The van der Waals surface area contributed by atoms with Gasteiger partial charge >= 0.3 is 0 Å². The molecule has 0 bridgehead atoms. The molecule has 39 heavy (non-hydrogen) atoms. The second-order valence-electron chi connectivity index (χ2n) is 9.51. The Morgan fingerprint density at radius 3 is 2.23 bits per heavy atom. The Morgan fingerprint density at radius 2 is 1.62 bits per heavy atom. The van der Waals surface area contributed by atoms with E-state index in [1.54, 1.807) is 62.6 Å². The molecule has 3 aromatic rings. The summed E-state index contributed by atoms with van der Waals surface area (Å²) in [5, 5.41) is 2.84. The summed E-state index contributed by atoms with van der Waals surface area (Å²) in [4.78, 5) is 28.4. The third kappa shape index (κ3) is 7.60. The maximum atomic E-state index is 14.0. The normalized spacial score (nSPS) is 11.9. The lowest BCUT2D eigenvalue weighted by atomic mass is 10.1. The lowest BCUT2D eigenvalue weighted by Gasteiger charge is -2.32. The first kappa shape index (κ1) is 29.7. The highest BCUT2D eigenvalue weighted by atomic mass is 32.2. The first-order chi connectivity index (χ1) is 18.6. The molecule has 0 saturated carbocycles. The van der Waals surface area contributed by atoms with Crippen molar-refractivity contribution in [1.29, 1.82) is 0 Å². The van der Waals surface area contributed by atoms with E-state index in [1.165, 1.54) is 17.0 Å². The van der Waals surface area contributed by atoms with Gasteiger partial charge in [-0.05, 0) is 80.3 Å². The number of amides is 2. The number of hydrogen-bond donors (Lipinski definition) is 1. The number of nitrogens with zero attached hydrogens (tertiary/aromatic N) is 2. The molecule has 0 fully saturated rings. The van der Waals surface area contributed by atoms with E-state index in [0.717, 1.165) is 27.4 Å². The van der Waals surface area contributed by atoms with E-state index in [-0.39, 0.29) is 17.3 Å². The summed E-state index contributed by atoms with van der Waals surface area (Å²) in [6.07, 6.45) is 0.748. The fourth-order valence-corrected chi connectivity index (χ4v) is 5.71. The number of carbonyl (C=O) groups excluding carboxylic acids is 2. The molecule has 0 saturated heterocycles. The highest BCUT2D eigenvalue weighted by Crippen LogP contribution is 2.27. The molecule has 0 aliphatic carbocycles. The third-order valence-electron chi connectivity index (χ3n) is 6.31. The van der Waals surface area contributed by atoms with E-state index in [1.807, 2.05) is 32.9 Å². The van der Waals surface area contributed by atoms with Gasteiger partial charge in [-0.2, -0.15) is 0 Å². The fraction of sp³-hybridized carbons (Fsp3) is 0.333. The highest BCUT2D eigenvalue weighted by Gasteiger charge is 2.32. The molecule has 1 N–H and O–H groups in total. The molecule has 0 spiro atoms. The topological polar surface area (TPSA) is 96.0 Å². The Bertz CT molecular complexity index is 1370. The lowest BCUT2D eigenvalue weighted by molar-refractivity contribution is -0.139. The molecule has 9 heteroatoms. The molecule has 2 amide bonds. The van der Waals surface area contributed by atoms with Crippen LogP contribution in [0, 0.1) is 13.8 Å². The van der Waals surface area contributed by atoms with Crippen molar-refractivity contribution in [3.05, 3.63) is 89.5 Å². The van der Waals surface area contributed by atoms with Crippen LogP contribution >= 0.6 is 0 Å². The number of hydrogen-bond acceptors (Lipinski definition) is 5. The van der Waals surface area contributed by atoms with E-state index in [9.17, 15) is 18.0 Å². The summed E-state index contributed by atoms with van der Waals surface area (Å²) in [5.41, 5.74) is 2.87. The maximum Gasteiger partial charge on any atom is 0.264 e. The van der Waals surface area contributed by atoms with Crippen molar-refractivity contribution >= 4 is 27.5 Å². The summed E-state index contributed by atoms with van der Waals surface area (Å²) in [6.45, 7) is 7.44. The SMILES string of the molecule is CCCNC(=O)[C@@H](C)N(Cc1cccc(OC)c1)C(=O)CN(c1cc(C)cc(C)c1)S(=O)(=O)c1ccccc1. The van der Waals surface area contributed by atoms with Crippen LogP contribution < -0.4 is 14.4 Å². The van der Waals surface area contributed by atoms with Crippen molar-refractivity contribution < 1.29 is 22.7 Å². The summed E-state index contributed by atoms with van der Waals surface area (Å²) in [6, 6.07) is 19.8. The standard InChI is InChI=1S/C30H37N3O5S/c1-6-15-31-30(35)24(4)32(20-25-11-10-12-27(19-25)38-5)29(34)21-33(26-17-22(2)16-23(3)18-26)39(36,37)28-13-8-7-9-14-28/h7-14,16-19,24H,6,15,20-21H2,1-5H3,(H,31,35)/t24-/m1/s1. The summed E-state index contributed by atoms with van der Waals surface area (Å²) < 4.78 is 34.2. The van der Waals surface area contributed by atoms with Gasteiger partial charge in [0.2, 0.25) is 11.8 Å². The van der Waals surface area contributed by atoms with Crippen LogP contribution in [0.2, 0.25) is 0 Å². The first-order valence-corrected chi connectivity index (χ1v) is 14.4. The average Bonchev–Trinajstić information content (AvgIpc) is 2.92. The second kappa shape index (κ2) is 13.3. The van der Waals surface area contributed by atoms with Gasteiger partial charge in [-0.15, -0.1) is 0 Å². The summed E-state index contributed by atoms with van der Waals surface area (Å²) in [7, 11) is -2.54. The summed E-state index contributed by atoms with van der Waals surface area (Å²) >= 11 is 0. The molecule has 208 valence electrons. The molecule has 3 aromatic carbocycles. The van der Waals surface area contributed by atoms with Crippen LogP contribution in [0.4, 0.5) is 5.69 Å². The van der Waals surface area contributed by atoms with Gasteiger partial charge in [0, 0.05) is 13.1 Å². The summed E-state index contributed by atoms with van der Waals surface area (Å²) in [5.74, 6) is -0.195. The van der Waals surface area contributed by atoms with Gasteiger partial charge in [-0.25, -0.2) is 8.42 Å². The van der Waals surface area contributed by atoms with Crippen LogP contribution in [0.5, 0.6) is 5.75 Å². The zero-order valence-corrected chi connectivity index (χ0v) is 24.0. The smallest absolute Gasteiger partial charge is 0.264 e. The van der Waals surface area contributed by atoms with Crippen LogP contribution in [-0.4, -0.2) is 51.4 Å². The molecule has 1 atom stereocenters. The molecule has 0 unspecified atom stereocenters. The molecule has 3 rings (SSSR count). The number of anilines is 1. The van der Waals surface area contributed by atoms with Crippen molar-refractivity contribution in [3.8, 4) is 5.75 Å². The number of rotatable bonds is 12. The van der Waals surface area contributed by atoms with Gasteiger partial charge in [0.25, 0.3) is 10.0 Å². The number of benzene rings is 3. The van der Waals surface area contributed by atoms with Crippen LogP contribution in [0.3, 0.4) is 0 Å². The molecule has 0 aliphatic rings. The van der Waals surface area contributed by atoms with Gasteiger partial charge in [0.1, 0.15) is 18.3 Å². The number of carbonyl (C=O) groups is 2. The predicted octanol–water partition coefficient (Wildman–Crippen LogP) is 4.45. The van der Waals surface area contributed by atoms with Crippen molar-refractivity contribution in [2.45, 2.75) is 51.6 Å². The van der Waals surface area contributed by atoms with E-state index < -0.39 is 28.5 Å². The van der Waals surface area contributed by atoms with Crippen LogP contribution in [0.1, 0.15) is 37.0 Å². The number of methoxy groups -OCH3 is 1. The van der Waals surface area contributed by atoms with Crippen molar-refractivity contribution in [2.75, 3.05) is 24.5 Å². The molecule has 0 aliphatic heterocycles. The number of nitrogens with one attached hydrogen (secondary N) is 1. The van der Waals surface area contributed by atoms with Crippen LogP contribution in [0.25, 0.3) is 0 Å². The van der Waals surface area contributed by atoms with E-state index in [4.69, 9.17) is 4.74 Å². The van der Waals surface area contributed by atoms with Gasteiger partial charge in [-0.3, -0.25) is 13.9 Å².